The molecule has 4 heterocycles. The van der Waals surface area contributed by atoms with E-state index in [1.165, 1.54) is 44.5 Å². The van der Waals surface area contributed by atoms with Crippen LogP contribution in [0.25, 0.3) is 176 Å². The fourth-order valence-corrected chi connectivity index (χ4v) is 17.6. The van der Waals surface area contributed by atoms with Gasteiger partial charge in [-0.3, -0.25) is 0 Å². The first-order valence-electron chi connectivity index (χ1n) is 36.7. The summed E-state index contributed by atoms with van der Waals surface area (Å²) in [6.07, 6.45) is 0. The van der Waals surface area contributed by atoms with Crippen molar-refractivity contribution in [2.45, 2.75) is 19.3 Å². The van der Waals surface area contributed by atoms with Crippen molar-refractivity contribution >= 4 is 143 Å². The molecule has 1 aliphatic carbocycles. The van der Waals surface area contributed by atoms with Gasteiger partial charge in [0.2, 0.25) is 0 Å². The van der Waals surface area contributed by atoms with Gasteiger partial charge >= 0.3 is 0 Å². The van der Waals surface area contributed by atoms with E-state index in [9.17, 15) is 0 Å². The maximum Gasteiger partial charge on any atom is 0.138 e. The first-order chi connectivity index (χ1) is 52.8. The average Bonchev–Trinajstić information content (AvgIpc) is 1.59. The predicted molar refractivity (Wildman–Crippen MR) is 445 cm³/mol. The van der Waals surface area contributed by atoms with Gasteiger partial charge in [0.1, 0.15) is 44.7 Å². The molecule has 6 nitrogen and oxygen atoms in total. The Morgan fingerprint density at radius 2 is 0.533 bits per heavy atom. The molecule has 0 unspecified atom stereocenters. The second kappa shape index (κ2) is 23.5. The maximum absolute atomic E-state index is 6.99. The smallest absolute Gasteiger partial charge is 0.138 e. The number of para-hydroxylation sites is 2. The third-order valence-electron chi connectivity index (χ3n) is 22.7. The molecule has 0 saturated heterocycles. The standard InChI is InChI=1S/C101H64N2O4/c1-101(2)82-29-17-28-74(94(82)79-53-52-73(58-83(79)101)103(72-50-42-67(43-51-72)62-20-7-4-8-21-62)85-60-93-96(78-25-12-10-23-76(78)85)100-91(107-93)57-55-89-98(100)81-27-14-16-31-87(81)105-89)69-38-36-65(37-39-69)63-32-34-64(35-33-63)68-44-48-71(49-45-68)102(70-46-40-66(41-47-70)61-18-5-3-6-19-61)84-59-92-95(77-24-11-9-22-75(77)84)99-90(106-92)56-54-88-97(99)80-26-13-15-30-86(80)104-88/h3-60H,1-2H3. The van der Waals surface area contributed by atoms with E-state index in [0.717, 1.165) is 177 Å². The minimum atomic E-state index is -0.314. The molecule has 1 aliphatic rings. The highest BCUT2D eigenvalue weighted by Crippen LogP contribution is 2.56. The monoisotopic (exact) mass is 1370 g/mol. The molecule has 0 radical (unpaired) electrons. The number of nitrogens with zero attached hydrogens (tertiary/aromatic N) is 2. The molecule has 0 fully saturated rings. The molecular formula is C101H64N2O4. The van der Waals surface area contributed by atoms with E-state index in [-0.39, 0.29) is 5.41 Å². The second-order valence-electron chi connectivity index (χ2n) is 28.9. The van der Waals surface area contributed by atoms with Gasteiger partial charge in [-0.05, 0) is 174 Å². The van der Waals surface area contributed by atoms with Crippen LogP contribution in [0, 0.1) is 0 Å². The van der Waals surface area contributed by atoms with Crippen molar-refractivity contribution in [3.05, 3.63) is 363 Å². The van der Waals surface area contributed by atoms with Crippen molar-refractivity contribution in [3.8, 4) is 66.8 Å². The van der Waals surface area contributed by atoms with Gasteiger partial charge in [0.05, 0.1) is 11.4 Å². The Balaban J connectivity index is 0.593. The summed E-state index contributed by atoms with van der Waals surface area (Å²) in [6.45, 7) is 4.77. The Morgan fingerprint density at radius 3 is 0.972 bits per heavy atom. The van der Waals surface area contributed by atoms with Crippen LogP contribution in [0.1, 0.15) is 25.0 Å². The molecule has 0 atom stereocenters. The van der Waals surface area contributed by atoms with Crippen LogP contribution >= 0.6 is 0 Å². The molecule has 502 valence electrons. The molecule has 0 spiro atoms. The van der Waals surface area contributed by atoms with E-state index in [1.54, 1.807) is 0 Å². The Labute approximate surface area is 616 Å². The summed E-state index contributed by atoms with van der Waals surface area (Å²) in [7, 11) is 0. The van der Waals surface area contributed by atoms with Gasteiger partial charge in [-0.15, -0.1) is 0 Å². The molecule has 0 aliphatic heterocycles. The van der Waals surface area contributed by atoms with Gasteiger partial charge in [-0.25, -0.2) is 0 Å². The molecule has 4 aromatic heterocycles. The fraction of sp³-hybridized carbons (Fsp3) is 0.0297. The second-order valence-corrected chi connectivity index (χ2v) is 28.9. The normalized spacial score (nSPS) is 12.7. The highest BCUT2D eigenvalue weighted by atomic mass is 16.3. The average molecular weight is 1370 g/mol. The molecule has 17 aromatic carbocycles. The minimum Gasteiger partial charge on any atom is -0.456 e. The van der Waals surface area contributed by atoms with E-state index >= 15 is 0 Å². The maximum atomic E-state index is 6.99. The Morgan fingerprint density at radius 1 is 0.206 bits per heavy atom. The number of fused-ring (bicyclic) bond motifs is 21. The quantitative estimate of drug-likeness (QED) is 0.129. The number of rotatable bonds is 11. The van der Waals surface area contributed by atoms with Gasteiger partial charge in [0.15, 0.2) is 0 Å². The molecule has 22 rings (SSSR count). The Bertz CT molecular complexity index is 7170. The molecule has 21 aromatic rings. The van der Waals surface area contributed by atoms with Crippen molar-refractivity contribution in [1.29, 1.82) is 0 Å². The van der Waals surface area contributed by atoms with Crippen molar-refractivity contribution in [2.24, 2.45) is 0 Å². The van der Waals surface area contributed by atoms with Crippen LogP contribution in [0.15, 0.2) is 370 Å². The van der Waals surface area contributed by atoms with Crippen LogP contribution in [-0.2, 0) is 5.41 Å². The van der Waals surface area contributed by atoms with Crippen LogP contribution < -0.4 is 9.80 Å². The lowest BCUT2D eigenvalue weighted by Crippen LogP contribution is -2.16. The zero-order chi connectivity index (χ0) is 70.6. The lowest BCUT2D eigenvalue weighted by atomic mass is 9.81. The number of furan rings is 4. The van der Waals surface area contributed by atoms with E-state index in [1.807, 2.05) is 42.5 Å². The molecule has 0 amide bonds. The lowest BCUT2D eigenvalue weighted by Gasteiger charge is -2.29. The van der Waals surface area contributed by atoms with Gasteiger partial charge in [-0.1, -0.05) is 269 Å². The third-order valence-corrected chi connectivity index (χ3v) is 22.7. The van der Waals surface area contributed by atoms with Crippen molar-refractivity contribution in [2.75, 3.05) is 9.80 Å². The van der Waals surface area contributed by atoms with E-state index < -0.39 is 0 Å². The fourth-order valence-electron chi connectivity index (χ4n) is 17.6. The SMILES string of the molecule is CC1(C)c2cc(N(c3ccc(-c4ccccc4)cc3)c3cc4oc5ccc6oc7ccccc7c6c5c4c4ccccc34)ccc2-c2c(-c3ccc(-c4ccc(-c5ccc(N(c6ccc(-c7ccccc7)cc6)c6cc7oc8ccc9oc%10ccccc%10c9c8c7c7ccccc67)cc5)cc4)cc3)cccc21. The van der Waals surface area contributed by atoms with Crippen LogP contribution in [0.4, 0.5) is 34.1 Å². The molecule has 6 heteroatoms. The summed E-state index contributed by atoms with van der Waals surface area (Å²) in [6, 6.07) is 127. The van der Waals surface area contributed by atoms with Crippen LogP contribution in [0.3, 0.4) is 0 Å². The first kappa shape index (κ1) is 60.6. The summed E-state index contributed by atoms with van der Waals surface area (Å²) in [5, 5.41) is 13.1. The van der Waals surface area contributed by atoms with Gasteiger partial charge in [0.25, 0.3) is 0 Å². The van der Waals surface area contributed by atoms with Crippen LogP contribution in [0.5, 0.6) is 0 Å². The highest BCUT2D eigenvalue weighted by Gasteiger charge is 2.38. The van der Waals surface area contributed by atoms with Gasteiger partial charge < -0.3 is 27.5 Å². The molecule has 0 saturated carbocycles. The summed E-state index contributed by atoms with van der Waals surface area (Å²) in [4.78, 5) is 4.80. The lowest BCUT2D eigenvalue weighted by molar-refractivity contribution is 0.660. The summed E-state index contributed by atoms with van der Waals surface area (Å²) >= 11 is 0. The molecule has 0 N–H and O–H groups in total. The Hall–Kier alpha value is -13.9. The van der Waals surface area contributed by atoms with Crippen LogP contribution in [0.2, 0.25) is 0 Å². The number of benzene rings is 17. The molecular weight excluding hydrogens is 1310 g/mol. The van der Waals surface area contributed by atoms with Crippen molar-refractivity contribution in [1.82, 2.24) is 0 Å². The van der Waals surface area contributed by atoms with Crippen LogP contribution in [-0.4, -0.2) is 0 Å². The van der Waals surface area contributed by atoms with Gasteiger partial charge in [-0.2, -0.15) is 0 Å². The van der Waals surface area contributed by atoms with E-state index in [4.69, 9.17) is 17.7 Å². The summed E-state index contributed by atoms with van der Waals surface area (Å²) < 4.78 is 26.8. The predicted octanol–water partition coefficient (Wildman–Crippen LogP) is 29.2. The van der Waals surface area contributed by atoms with E-state index in [0.29, 0.717) is 0 Å². The highest BCUT2D eigenvalue weighted by molar-refractivity contribution is 6.34. The van der Waals surface area contributed by atoms with Crippen molar-refractivity contribution in [3.63, 3.8) is 0 Å². The number of hydrogen-bond acceptors (Lipinski definition) is 6. The topological polar surface area (TPSA) is 59.0 Å². The zero-order valence-corrected chi connectivity index (χ0v) is 58.5. The summed E-state index contributed by atoms with van der Waals surface area (Å²) in [5.41, 5.74) is 29.4. The summed E-state index contributed by atoms with van der Waals surface area (Å²) in [5.74, 6) is 0. The van der Waals surface area contributed by atoms with Gasteiger partial charge in [0, 0.05) is 94.2 Å². The number of anilines is 6. The third kappa shape index (κ3) is 9.45. The first-order valence-corrected chi connectivity index (χ1v) is 36.7. The number of hydrogen-bond donors (Lipinski definition) is 0. The zero-order valence-electron chi connectivity index (χ0n) is 58.5. The molecule has 0 bridgehead atoms. The minimum absolute atomic E-state index is 0.314. The Kier molecular flexibility index (Phi) is 13.3. The van der Waals surface area contributed by atoms with Crippen molar-refractivity contribution < 1.29 is 17.7 Å². The van der Waals surface area contributed by atoms with E-state index in [2.05, 4.69) is 333 Å². The largest absolute Gasteiger partial charge is 0.456 e. The molecule has 107 heavy (non-hydrogen) atoms.